The number of carbonyl (C=O) groups excluding carboxylic acids is 1. The molecule has 0 radical (unpaired) electrons. The normalized spacial score (nSPS) is 12.8. The molecular weight excluding hydrogens is 194 g/mol. The molecule has 0 saturated carbocycles. The standard InChI is InChI=1S/C11H23NO3/c1-8(2)7-15-9(13)12-10(3,4)11(5,6)14/h8,14H,7H2,1-6H3,(H,12,13). The first-order chi connectivity index (χ1) is 6.56. The Balaban J connectivity index is 4.17. The Bertz CT molecular complexity index is 216. The predicted molar refractivity (Wildman–Crippen MR) is 59.7 cm³/mol. The fourth-order valence-electron chi connectivity index (χ4n) is 0.687. The van der Waals surface area contributed by atoms with Gasteiger partial charge in [0.25, 0.3) is 0 Å². The molecular formula is C11H23NO3. The minimum Gasteiger partial charge on any atom is -0.449 e. The lowest BCUT2D eigenvalue weighted by molar-refractivity contribution is -0.00570. The highest BCUT2D eigenvalue weighted by molar-refractivity contribution is 5.68. The van der Waals surface area contributed by atoms with E-state index in [2.05, 4.69) is 5.32 Å². The second-order valence-corrected chi connectivity index (χ2v) is 5.30. The first kappa shape index (κ1) is 14.2. The highest BCUT2D eigenvalue weighted by atomic mass is 16.5. The third-order valence-electron chi connectivity index (χ3n) is 2.49. The number of ether oxygens (including phenoxy) is 1. The van der Waals surface area contributed by atoms with Crippen molar-refractivity contribution in [1.82, 2.24) is 5.32 Å². The van der Waals surface area contributed by atoms with Crippen molar-refractivity contribution >= 4 is 6.09 Å². The summed E-state index contributed by atoms with van der Waals surface area (Å²) < 4.78 is 4.97. The number of alkyl carbamates (subject to hydrolysis) is 1. The summed E-state index contributed by atoms with van der Waals surface area (Å²) >= 11 is 0. The van der Waals surface area contributed by atoms with E-state index < -0.39 is 17.2 Å². The van der Waals surface area contributed by atoms with Crippen molar-refractivity contribution in [3.05, 3.63) is 0 Å². The summed E-state index contributed by atoms with van der Waals surface area (Å²) in [7, 11) is 0. The maximum absolute atomic E-state index is 11.4. The molecule has 0 aromatic heterocycles. The molecule has 0 rings (SSSR count). The van der Waals surface area contributed by atoms with Crippen LogP contribution in [0.1, 0.15) is 41.5 Å². The van der Waals surface area contributed by atoms with Crippen LogP contribution in [-0.2, 0) is 4.74 Å². The molecule has 1 amide bonds. The van der Waals surface area contributed by atoms with Gasteiger partial charge in [-0.05, 0) is 33.6 Å². The Hall–Kier alpha value is -0.770. The van der Waals surface area contributed by atoms with Gasteiger partial charge < -0.3 is 15.2 Å². The SMILES string of the molecule is CC(C)COC(=O)NC(C)(C)C(C)(C)O. The fraction of sp³-hybridized carbons (Fsp3) is 0.909. The quantitative estimate of drug-likeness (QED) is 0.756. The van der Waals surface area contributed by atoms with Gasteiger partial charge in [-0.2, -0.15) is 0 Å². The lowest BCUT2D eigenvalue weighted by atomic mass is 9.86. The van der Waals surface area contributed by atoms with E-state index in [1.54, 1.807) is 27.7 Å². The maximum atomic E-state index is 11.4. The number of amides is 1. The Morgan fingerprint density at radius 3 is 2.13 bits per heavy atom. The molecule has 0 aromatic carbocycles. The first-order valence-corrected chi connectivity index (χ1v) is 5.23. The molecule has 0 saturated heterocycles. The van der Waals surface area contributed by atoms with Gasteiger partial charge in [0, 0.05) is 0 Å². The summed E-state index contributed by atoms with van der Waals surface area (Å²) in [6.45, 7) is 11.1. The van der Waals surface area contributed by atoms with Gasteiger partial charge in [0.2, 0.25) is 0 Å². The van der Waals surface area contributed by atoms with E-state index in [0.717, 1.165) is 0 Å². The van der Waals surface area contributed by atoms with Crippen LogP contribution in [0, 0.1) is 5.92 Å². The molecule has 0 bridgehead atoms. The first-order valence-electron chi connectivity index (χ1n) is 5.23. The van der Waals surface area contributed by atoms with Gasteiger partial charge in [0.15, 0.2) is 0 Å². The Morgan fingerprint density at radius 2 is 1.80 bits per heavy atom. The molecule has 0 heterocycles. The van der Waals surface area contributed by atoms with Crippen LogP contribution in [0.5, 0.6) is 0 Å². The van der Waals surface area contributed by atoms with Crippen LogP contribution in [0.25, 0.3) is 0 Å². The van der Waals surface area contributed by atoms with Crippen LogP contribution in [0.4, 0.5) is 4.79 Å². The summed E-state index contributed by atoms with van der Waals surface area (Å²) in [5.74, 6) is 0.306. The third-order valence-corrected chi connectivity index (χ3v) is 2.49. The monoisotopic (exact) mass is 217 g/mol. The van der Waals surface area contributed by atoms with E-state index in [0.29, 0.717) is 12.5 Å². The number of carbonyl (C=O) groups is 1. The highest BCUT2D eigenvalue weighted by Crippen LogP contribution is 2.20. The summed E-state index contributed by atoms with van der Waals surface area (Å²) in [4.78, 5) is 11.4. The maximum Gasteiger partial charge on any atom is 0.407 e. The largest absolute Gasteiger partial charge is 0.449 e. The molecule has 0 spiro atoms. The van der Waals surface area contributed by atoms with Crippen LogP contribution >= 0.6 is 0 Å². The summed E-state index contributed by atoms with van der Waals surface area (Å²) in [5.41, 5.74) is -1.72. The molecule has 0 atom stereocenters. The average Bonchev–Trinajstić information content (AvgIpc) is 1.97. The molecule has 0 aliphatic carbocycles. The molecule has 0 fully saturated rings. The highest BCUT2D eigenvalue weighted by Gasteiger charge is 2.36. The van der Waals surface area contributed by atoms with Crippen LogP contribution in [0.15, 0.2) is 0 Å². The van der Waals surface area contributed by atoms with Crippen molar-refractivity contribution in [2.45, 2.75) is 52.7 Å². The molecule has 0 aliphatic rings. The molecule has 4 nitrogen and oxygen atoms in total. The van der Waals surface area contributed by atoms with Crippen molar-refractivity contribution in [3.8, 4) is 0 Å². The van der Waals surface area contributed by atoms with E-state index in [-0.39, 0.29) is 0 Å². The van der Waals surface area contributed by atoms with Gasteiger partial charge in [0.1, 0.15) is 0 Å². The van der Waals surface area contributed by atoms with Crippen LogP contribution in [-0.4, -0.2) is 28.9 Å². The van der Waals surface area contributed by atoms with E-state index in [1.165, 1.54) is 0 Å². The van der Waals surface area contributed by atoms with Crippen LogP contribution in [0.2, 0.25) is 0 Å². The summed E-state index contributed by atoms with van der Waals surface area (Å²) in [5, 5.41) is 12.4. The van der Waals surface area contributed by atoms with Gasteiger partial charge in [-0.1, -0.05) is 13.8 Å². The molecule has 15 heavy (non-hydrogen) atoms. The zero-order chi connectivity index (χ0) is 12.3. The molecule has 2 N–H and O–H groups in total. The van der Waals surface area contributed by atoms with Crippen LogP contribution < -0.4 is 5.32 Å². The number of aliphatic hydroxyl groups is 1. The van der Waals surface area contributed by atoms with Gasteiger partial charge in [0.05, 0.1) is 17.7 Å². The molecule has 90 valence electrons. The molecule has 0 aromatic rings. The Morgan fingerprint density at radius 1 is 1.33 bits per heavy atom. The van der Waals surface area contributed by atoms with Crippen LogP contribution in [0.3, 0.4) is 0 Å². The van der Waals surface area contributed by atoms with Gasteiger partial charge >= 0.3 is 6.09 Å². The van der Waals surface area contributed by atoms with Crippen molar-refractivity contribution in [2.24, 2.45) is 5.92 Å². The van der Waals surface area contributed by atoms with Crippen molar-refractivity contribution < 1.29 is 14.6 Å². The average molecular weight is 217 g/mol. The van der Waals surface area contributed by atoms with E-state index in [4.69, 9.17) is 4.74 Å². The number of nitrogens with one attached hydrogen (secondary N) is 1. The van der Waals surface area contributed by atoms with Gasteiger partial charge in [-0.15, -0.1) is 0 Å². The fourth-order valence-corrected chi connectivity index (χ4v) is 0.687. The predicted octanol–water partition coefficient (Wildman–Crippen LogP) is 1.92. The van der Waals surface area contributed by atoms with E-state index >= 15 is 0 Å². The Kier molecular flexibility index (Phi) is 4.59. The van der Waals surface area contributed by atoms with Crippen molar-refractivity contribution in [3.63, 3.8) is 0 Å². The number of hydrogen-bond acceptors (Lipinski definition) is 3. The zero-order valence-electron chi connectivity index (χ0n) is 10.5. The molecule has 0 aliphatic heterocycles. The lowest BCUT2D eigenvalue weighted by Crippen LogP contribution is -2.57. The van der Waals surface area contributed by atoms with E-state index in [1.807, 2.05) is 13.8 Å². The minimum atomic E-state index is -0.996. The second-order valence-electron chi connectivity index (χ2n) is 5.30. The van der Waals surface area contributed by atoms with E-state index in [9.17, 15) is 9.90 Å². The van der Waals surface area contributed by atoms with Crippen molar-refractivity contribution in [2.75, 3.05) is 6.61 Å². The topological polar surface area (TPSA) is 58.6 Å². The number of hydrogen-bond donors (Lipinski definition) is 2. The van der Waals surface area contributed by atoms with Crippen molar-refractivity contribution in [1.29, 1.82) is 0 Å². The smallest absolute Gasteiger partial charge is 0.407 e. The minimum absolute atomic E-state index is 0.306. The number of rotatable bonds is 4. The molecule has 4 heteroatoms. The Labute approximate surface area is 92.0 Å². The zero-order valence-corrected chi connectivity index (χ0v) is 10.5. The molecule has 0 unspecified atom stereocenters. The summed E-state index contributed by atoms with van der Waals surface area (Å²) in [6.07, 6.45) is -0.490. The lowest BCUT2D eigenvalue weighted by Gasteiger charge is -2.37. The van der Waals surface area contributed by atoms with Gasteiger partial charge in [-0.3, -0.25) is 0 Å². The second kappa shape index (κ2) is 4.84. The summed E-state index contributed by atoms with van der Waals surface area (Å²) in [6, 6.07) is 0. The third kappa shape index (κ3) is 5.02. The van der Waals surface area contributed by atoms with Gasteiger partial charge in [-0.25, -0.2) is 4.79 Å².